The molecule has 3 rings (SSSR count). The Hall–Kier alpha value is -2.44. The highest BCUT2D eigenvalue weighted by molar-refractivity contribution is 7.89. The van der Waals surface area contributed by atoms with E-state index in [1.54, 1.807) is 34.8 Å². The summed E-state index contributed by atoms with van der Waals surface area (Å²) in [5.74, 6) is 1.16. The SMILES string of the molecule is CCCCN(CCCC)S(=O)(=O)c1ccc(-c2ncc(-c3ccccc3)o2)cc1. The Bertz CT molecular complexity index is 988. The topological polar surface area (TPSA) is 63.4 Å². The lowest BCUT2D eigenvalue weighted by molar-refractivity contribution is 0.395. The molecule has 29 heavy (non-hydrogen) atoms. The highest BCUT2D eigenvalue weighted by atomic mass is 32.2. The van der Waals surface area contributed by atoms with E-state index in [9.17, 15) is 8.42 Å². The maximum Gasteiger partial charge on any atom is 0.243 e. The first-order valence-electron chi connectivity index (χ1n) is 10.2. The Morgan fingerprint density at radius 2 is 1.48 bits per heavy atom. The van der Waals surface area contributed by atoms with Gasteiger partial charge in [-0.3, -0.25) is 0 Å². The summed E-state index contributed by atoms with van der Waals surface area (Å²) >= 11 is 0. The monoisotopic (exact) mass is 412 g/mol. The molecule has 0 amide bonds. The third kappa shape index (κ3) is 5.14. The molecule has 0 saturated carbocycles. The minimum Gasteiger partial charge on any atom is -0.436 e. The van der Waals surface area contributed by atoms with Gasteiger partial charge < -0.3 is 4.42 Å². The second kappa shape index (κ2) is 9.85. The van der Waals surface area contributed by atoms with Crippen molar-refractivity contribution in [1.82, 2.24) is 9.29 Å². The van der Waals surface area contributed by atoms with Crippen molar-refractivity contribution in [2.45, 2.75) is 44.4 Å². The fourth-order valence-electron chi connectivity index (χ4n) is 3.08. The van der Waals surface area contributed by atoms with Gasteiger partial charge in [-0.1, -0.05) is 57.0 Å². The zero-order valence-electron chi connectivity index (χ0n) is 17.0. The van der Waals surface area contributed by atoms with Gasteiger partial charge in [-0.25, -0.2) is 13.4 Å². The number of hydrogen-bond donors (Lipinski definition) is 0. The fraction of sp³-hybridized carbons (Fsp3) is 0.348. The first-order chi connectivity index (χ1) is 14.1. The molecule has 5 nitrogen and oxygen atoms in total. The number of hydrogen-bond acceptors (Lipinski definition) is 4. The highest BCUT2D eigenvalue weighted by Gasteiger charge is 2.23. The lowest BCUT2D eigenvalue weighted by Gasteiger charge is -2.22. The molecular weight excluding hydrogens is 384 g/mol. The molecule has 6 heteroatoms. The van der Waals surface area contributed by atoms with Crippen LogP contribution in [0.25, 0.3) is 22.8 Å². The summed E-state index contributed by atoms with van der Waals surface area (Å²) in [6, 6.07) is 16.5. The molecule has 0 N–H and O–H groups in total. The molecule has 0 spiro atoms. The Balaban J connectivity index is 1.81. The summed E-state index contributed by atoms with van der Waals surface area (Å²) in [5, 5.41) is 0. The van der Waals surface area contributed by atoms with Gasteiger partial charge in [0, 0.05) is 24.2 Å². The minimum absolute atomic E-state index is 0.309. The molecule has 0 aliphatic carbocycles. The molecule has 154 valence electrons. The molecule has 0 aliphatic heterocycles. The van der Waals surface area contributed by atoms with Crippen LogP contribution in [0.1, 0.15) is 39.5 Å². The van der Waals surface area contributed by atoms with E-state index >= 15 is 0 Å². The van der Waals surface area contributed by atoms with Crippen molar-refractivity contribution in [2.24, 2.45) is 0 Å². The molecule has 0 aliphatic rings. The lowest BCUT2D eigenvalue weighted by atomic mass is 10.2. The van der Waals surface area contributed by atoms with E-state index in [-0.39, 0.29) is 0 Å². The Kier molecular flexibility index (Phi) is 7.23. The summed E-state index contributed by atoms with van der Waals surface area (Å²) in [6.45, 7) is 5.25. The molecule has 0 bridgehead atoms. The number of oxazole rings is 1. The summed E-state index contributed by atoms with van der Waals surface area (Å²) in [4.78, 5) is 4.65. The van der Waals surface area contributed by atoms with Crippen LogP contribution in [0, 0.1) is 0 Å². The van der Waals surface area contributed by atoms with Gasteiger partial charge in [0.05, 0.1) is 11.1 Å². The van der Waals surface area contributed by atoms with Crippen LogP contribution in [0.3, 0.4) is 0 Å². The van der Waals surface area contributed by atoms with Crippen molar-refractivity contribution in [3.63, 3.8) is 0 Å². The second-order valence-corrected chi connectivity index (χ2v) is 8.97. The molecule has 0 atom stereocenters. The standard InChI is InChI=1S/C23H28N2O3S/c1-3-5-16-25(17-6-4-2)29(26,27)21-14-12-20(13-15-21)23-24-18-22(28-23)19-10-8-7-9-11-19/h7-15,18H,3-6,16-17H2,1-2H3. The van der Waals surface area contributed by atoms with Crippen LogP contribution in [0.4, 0.5) is 0 Å². The van der Waals surface area contributed by atoms with Crippen LogP contribution in [0.5, 0.6) is 0 Å². The van der Waals surface area contributed by atoms with Gasteiger partial charge in [-0.15, -0.1) is 0 Å². The van der Waals surface area contributed by atoms with E-state index in [0.29, 0.717) is 29.6 Å². The number of sulfonamides is 1. The van der Waals surface area contributed by atoms with E-state index in [4.69, 9.17) is 4.42 Å². The van der Waals surface area contributed by atoms with Gasteiger partial charge in [-0.05, 0) is 37.1 Å². The summed E-state index contributed by atoms with van der Waals surface area (Å²) < 4.78 is 33.6. The maximum atomic E-state index is 13.1. The molecule has 2 aromatic carbocycles. The van der Waals surface area contributed by atoms with Crippen molar-refractivity contribution in [3.8, 4) is 22.8 Å². The predicted molar refractivity (Wildman–Crippen MR) is 116 cm³/mol. The van der Waals surface area contributed by atoms with Gasteiger partial charge in [0.15, 0.2) is 5.76 Å². The summed E-state index contributed by atoms with van der Waals surface area (Å²) in [6.07, 6.45) is 5.34. The molecule has 0 unspecified atom stereocenters. The zero-order valence-corrected chi connectivity index (χ0v) is 17.9. The van der Waals surface area contributed by atoms with Gasteiger partial charge in [-0.2, -0.15) is 4.31 Å². The molecular formula is C23H28N2O3S. The maximum absolute atomic E-state index is 13.1. The lowest BCUT2D eigenvalue weighted by Crippen LogP contribution is -2.33. The molecule has 3 aromatic rings. The van der Waals surface area contributed by atoms with Gasteiger partial charge in [0.2, 0.25) is 15.9 Å². The van der Waals surface area contributed by atoms with Crippen molar-refractivity contribution in [2.75, 3.05) is 13.1 Å². The van der Waals surface area contributed by atoms with Gasteiger partial charge >= 0.3 is 0 Å². The number of unbranched alkanes of at least 4 members (excludes halogenated alkanes) is 2. The predicted octanol–water partition coefficient (Wildman–Crippen LogP) is 5.60. The molecule has 0 saturated heterocycles. The van der Waals surface area contributed by atoms with Crippen molar-refractivity contribution >= 4 is 10.0 Å². The Morgan fingerprint density at radius 1 is 0.862 bits per heavy atom. The molecule has 1 aromatic heterocycles. The van der Waals surface area contributed by atoms with Crippen LogP contribution < -0.4 is 0 Å². The number of rotatable bonds is 10. The van der Waals surface area contributed by atoms with E-state index in [2.05, 4.69) is 18.8 Å². The molecule has 1 heterocycles. The first-order valence-corrected chi connectivity index (χ1v) is 11.6. The van der Waals surface area contributed by atoms with E-state index in [1.165, 1.54) is 0 Å². The number of benzene rings is 2. The average Bonchev–Trinajstić information content (AvgIpc) is 3.25. The van der Waals surface area contributed by atoms with E-state index < -0.39 is 10.0 Å². The second-order valence-electron chi connectivity index (χ2n) is 7.03. The van der Waals surface area contributed by atoms with E-state index in [1.807, 2.05) is 30.3 Å². The third-order valence-electron chi connectivity index (χ3n) is 4.83. The first kappa shape index (κ1) is 21.3. The summed E-state index contributed by atoms with van der Waals surface area (Å²) in [5.41, 5.74) is 1.70. The molecule has 0 radical (unpaired) electrons. The number of nitrogens with zero attached hydrogens (tertiary/aromatic N) is 2. The average molecular weight is 413 g/mol. The van der Waals surface area contributed by atoms with Gasteiger partial charge in [0.25, 0.3) is 0 Å². The largest absolute Gasteiger partial charge is 0.436 e. The smallest absolute Gasteiger partial charge is 0.243 e. The van der Waals surface area contributed by atoms with Crippen LogP contribution in [0.2, 0.25) is 0 Å². The van der Waals surface area contributed by atoms with Crippen LogP contribution in [0.15, 0.2) is 70.1 Å². The van der Waals surface area contributed by atoms with Crippen LogP contribution in [-0.2, 0) is 10.0 Å². The Labute approximate surface area is 173 Å². The third-order valence-corrected chi connectivity index (χ3v) is 6.74. The van der Waals surface area contributed by atoms with Crippen LogP contribution in [-0.4, -0.2) is 30.8 Å². The summed E-state index contributed by atoms with van der Waals surface area (Å²) in [7, 11) is -3.50. The van der Waals surface area contributed by atoms with Crippen molar-refractivity contribution < 1.29 is 12.8 Å². The molecule has 0 fully saturated rings. The zero-order chi connectivity index (χ0) is 20.7. The van der Waals surface area contributed by atoms with E-state index in [0.717, 1.165) is 36.8 Å². The van der Waals surface area contributed by atoms with Crippen molar-refractivity contribution in [3.05, 3.63) is 60.8 Å². The highest BCUT2D eigenvalue weighted by Crippen LogP contribution is 2.27. The number of aromatic nitrogens is 1. The van der Waals surface area contributed by atoms with Gasteiger partial charge in [0.1, 0.15) is 0 Å². The quantitative estimate of drug-likeness (QED) is 0.435. The normalized spacial score (nSPS) is 11.8. The van der Waals surface area contributed by atoms with Crippen LogP contribution >= 0.6 is 0 Å². The van der Waals surface area contributed by atoms with Crippen molar-refractivity contribution in [1.29, 1.82) is 0 Å². The Morgan fingerprint density at radius 3 is 2.07 bits per heavy atom. The fourth-order valence-corrected chi connectivity index (χ4v) is 4.60. The minimum atomic E-state index is -3.50.